The number of hydrogen-bond acceptors (Lipinski definition) is 2. The molecule has 0 aromatic rings. The minimum Gasteiger partial charge on any atom is -0.313 e. The molecule has 0 bridgehead atoms. The van der Waals surface area contributed by atoms with Crippen LogP contribution in [0, 0.1) is 0 Å². The van der Waals surface area contributed by atoms with Gasteiger partial charge in [-0.05, 0) is 45.2 Å². The number of nitrogens with zero attached hydrogens (tertiary/aromatic N) is 1. The van der Waals surface area contributed by atoms with Gasteiger partial charge in [0.05, 0.1) is 0 Å². The summed E-state index contributed by atoms with van der Waals surface area (Å²) in [5.41, 5.74) is 0. The Morgan fingerprint density at radius 2 is 2.07 bits per heavy atom. The smallest absolute Gasteiger partial charge is 0.0195 e. The summed E-state index contributed by atoms with van der Waals surface area (Å²) in [6.45, 7) is 6.25. The summed E-state index contributed by atoms with van der Waals surface area (Å²) in [5.74, 6) is 0. The van der Waals surface area contributed by atoms with Crippen molar-refractivity contribution >= 4 is 0 Å². The van der Waals surface area contributed by atoms with E-state index in [1.165, 1.54) is 64.6 Å². The van der Waals surface area contributed by atoms with Gasteiger partial charge < -0.3 is 5.32 Å². The van der Waals surface area contributed by atoms with Crippen LogP contribution in [0.15, 0.2) is 0 Å². The predicted molar refractivity (Wildman–Crippen MR) is 65.1 cm³/mol. The van der Waals surface area contributed by atoms with E-state index in [2.05, 4.69) is 17.1 Å². The molecule has 0 radical (unpaired) electrons. The van der Waals surface area contributed by atoms with E-state index >= 15 is 0 Å². The average molecular weight is 210 g/mol. The van der Waals surface area contributed by atoms with Gasteiger partial charge in [0.1, 0.15) is 0 Å². The summed E-state index contributed by atoms with van der Waals surface area (Å²) in [5, 5.41) is 3.63. The van der Waals surface area contributed by atoms with Gasteiger partial charge in [0.25, 0.3) is 0 Å². The SMILES string of the molecule is CCC1CCCCCN1C[C@H]1CCCN1. The molecule has 0 aromatic carbocycles. The second-order valence-electron chi connectivity index (χ2n) is 5.20. The summed E-state index contributed by atoms with van der Waals surface area (Å²) < 4.78 is 0. The molecule has 2 fully saturated rings. The molecule has 2 heterocycles. The molecule has 2 nitrogen and oxygen atoms in total. The lowest BCUT2D eigenvalue weighted by Crippen LogP contribution is -2.42. The van der Waals surface area contributed by atoms with E-state index in [-0.39, 0.29) is 0 Å². The molecule has 1 unspecified atom stereocenters. The van der Waals surface area contributed by atoms with Crippen molar-refractivity contribution < 1.29 is 0 Å². The van der Waals surface area contributed by atoms with Gasteiger partial charge in [-0.2, -0.15) is 0 Å². The molecule has 88 valence electrons. The van der Waals surface area contributed by atoms with Crippen molar-refractivity contribution in [2.45, 2.75) is 64.0 Å². The van der Waals surface area contributed by atoms with E-state index in [1.54, 1.807) is 0 Å². The summed E-state index contributed by atoms with van der Waals surface area (Å²) in [6, 6.07) is 1.66. The van der Waals surface area contributed by atoms with Gasteiger partial charge in [0, 0.05) is 18.6 Å². The number of rotatable bonds is 3. The fourth-order valence-corrected chi connectivity index (χ4v) is 3.14. The molecule has 0 aliphatic carbocycles. The zero-order chi connectivity index (χ0) is 10.5. The summed E-state index contributed by atoms with van der Waals surface area (Å²) in [6.07, 6.45) is 9.87. The maximum Gasteiger partial charge on any atom is 0.0195 e. The first-order chi connectivity index (χ1) is 7.40. The minimum atomic E-state index is 0.789. The Labute approximate surface area is 94.4 Å². The van der Waals surface area contributed by atoms with Gasteiger partial charge >= 0.3 is 0 Å². The number of likely N-dealkylation sites (tertiary alicyclic amines) is 1. The summed E-state index contributed by atoms with van der Waals surface area (Å²) in [4.78, 5) is 2.76. The van der Waals surface area contributed by atoms with Gasteiger partial charge in [0.2, 0.25) is 0 Å². The fourth-order valence-electron chi connectivity index (χ4n) is 3.14. The van der Waals surface area contributed by atoms with Crippen LogP contribution in [0.25, 0.3) is 0 Å². The molecule has 2 atom stereocenters. The topological polar surface area (TPSA) is 15.3 Å². The van der Waals surface area contributed by atoms with Crippen LogP contribution in [0.2, 0.25) is 0 Å². The van der Waals surface area contributed by atoms with Gasteiger partial charge in [-0.1, -0.05) is 19.8 Å². The van der Waals surface area contributed by atoms with Crippen LogP contribution >= 0.6 is 0 Å². The molecular weight excluding hydrogens is 184 g/mol. The molecule has 0 amide bonds. The first-order valence-electron chi connectivity index (χ1n) is 6.87. The molecule has 15 heavy (non-hydrogen) atoms. The Morgan fingerprint density at radius 1 is 1.13 bits per heavy atom. The quantitative estimate of drug-likeness (QED) is 0.769. The fraction of sp³-hybridized carbons (Fsp3) is 1.00. The lowest BCUT2D eigenvalue weighted by atomic mass is 10.1. The van der Waals surface area contributed by atoms with Crippen molar-refractivity contribution in [3.05, 3.63) is 0 Å². The molecule has 1 N–H and O–H groups in total. The van der Waals surface area contributed by atoms with Crippen molar-refractivity contribution in [2.75, 3.05) is 19.6 Å². The van der Waals surface area contributed by atoms with Gasteiger partial charge in [-0.3, -0.25) is 4.90 Å². The first-order valence-corrected chi connectivity index (χ1v) is 6.87. The van der Waals surface area contributed by atoms with Crippen LogP contribution in [0.4, 0.5) is 0 Å². The Balaban J connectivity index is 1.85. The van der Waals surface area contributed by atoms with Crippen molar-refractivity contribution in [3.63, 3.8) is 0 Å². The molecule has 2 heteroatoms. The molecule has 2 aliphatic heterocycles. The lowest BCUT2D eigenvalue weighted by Gasteiger charge is -2.31. The van der Waals surface area contributed by atoms with E-state index in [9.17, 15) is 0 Å². The van der Waals surface area contributed by atoms with Crippen molar-refractivity contribution in [1.82, 2.24) is 10.2 Å². The van der Waals surface area contributed by atoms with Crippen LogP contribution in [-0.2, 0) is 0 Å². The Morgan fingerprint density at radius 3 is 2.80 bits per heavy atom. The second kappa shape index (κ2) is 5.86. The third-order valence-electron chi connectivity index (χ3n) is 4.09. The Kier molecular flexibility index (Phi) is 4.45. The highest BCUT2D eigenvalue weighted by Crippen LogP contribution is 2.20. The first kappa shape index (κ1) is 11.4. The normalized spacial score (nSPS) is 34.2. The number of nitrogens with one attached hydrogen (secondary N) is 1. The number of hydrogen-bond donors (Lipinski definition) is 1. The van der Waals surface area contributed by atoms with E-state index in [0.29, 0.717) is 0 Å². The average Bonchev–Trinajstić information content (AvgIpc) is 2.64. The maximum absolute atomic E-state index is 3.63. The third kappa shape index (κ3) is 3.18. The largest absolute Gasteiger partial charge is 0.313 e. The van der Waals surface area contributed by atoms with E-state index in [4.69, 9.17) is 0 Å². The molecule has 0 saturated carbocycles. The van der Waals surface area contributed by atoms with Crippen LogP contribution in [0.5, 0.6) is 0 Å². The molecule has 2 rings (SSSR count). The van der Waals surface area contributed by atoms with Crippen LogP contribution in [-0.4, -0.2) is 36.6 Å². The third-order valence-corrected chi connectivity index (χ3v) is 4.09. The van der Waals surface area contributed by atoms with Crippen molar-refractivity contribution in [2.24, 2.45) is 0 Å². The monoisotopic (exact) mass is 210 g/mol. The molecule has 2 aliphatic rings. The highest BCUT2D eigenvalue weighted by molar-refractivity contribution is 4.82. The van der Waals surface area contributed by atoms with E-state index in [1.807, 2.05) is 0 Å². The second-order valence-corrected chi connectivity index (χ2v) is 5.20. The standard InChI is InChI=1S/C13H26N2/c1-2-13-8-4-3-5-10-15(13)11-12-7-6-9-14-12/h12-14H,2-11H2,1H3/t12-,13?/m1/s1. The Bertz CT molecular complexity index is 175. The molecule has 2 saturated heterocycles. The van der Waals surface area contributed by atoms with Crippen LogP contribution in [0.3, 0.4) is 0 Å². The van der Waals surface area contributed by atoms with Crippen LogP contribution < -0.4 is 5.32 Å². The molecular formula is C13H26N2. The zero-order valence-electron chi connectivity index (χ0n) is 10.2. The highest BCUT2D eigenvalue weighted by atomic mass is 15.2. The van der Waals surface area contributed by atoms with E-state index in [0.717, 1.165) is 12.1 Å². The van der Waals surface area contributed by atoms with E-state index < -0.39 is 0 Å². The van der Waals surface area contributed by atoms with Crippen molar-refractivity contribution in [3.8, 4) is 0 Å². The van der Waals surface area contributed by atoms with Crippen LogP contribution in [0.1, 0.15) is 51.9 Å². The lowest BCUT2D eigenvalue weighted by molar-refractivity contribution is 0.178. The summed E-state index contributed by atoms with van der Waals surface area (Å²) >= 11 is 0. The van der Waals surface area contributed by atoms with Crippen molar-refractivity contribution in [1.29, 1.82) is 0 Å². The summed E-state index contributed by atoms with van der Waals surface area (Å²) in [7, 11) is 0. The highest BCUT2D eigenvalue weighted by Gasteiger charge is 2.23. The Hall–Kier alpha value is -0.0800. The maximum atomic E-state index is 3.63. The zero-order valence-corrected chi connectivity index (χ0v) is 10.2. The predicted octanol–water partition coefficient (Wildman–Crippen LogP) is 2.39. The minimum absolute atomic E-state index is 0.789. The molecule has 0 spiro atoms. The van der Waals surface area contributed by atoms with Gasteiger partial charge in [-0.15, -0.1) is 0 Å². The molecule has 0 aromatic heterocycles. The van der Waals surface area contributed by atoms with Gasteiger partial charge in [-0.25, -0.2) is 0 Å². The van der Waals surface area contributed by atoms with Gasteiger partial charge in [0.15, 0.2) is 0 Å².